The van der Waals surface area contributed by atoms with E-state index in [2.05, 4.69) is 28.2 Å². The van der Waals surface area contributed by atoms with E-state index in [-0.39, 0.29) is 6.03 Å². The third-order valence-corrected chi connectivity index (χ3v) is 3.87. The van der Waals surface area contributed by atoms with Crippen molar-refractivity contribution in [1.29, 1.82) is 0 Å². The van der Waals surface area contributed by atoms with E-state index in [1.165, 1.54) is 6.42 Å². The molecule has 4 heteroatoms. The van der Waals surface area contributed by atoms with Crippen molar-refractivity contribution in [3.05, 3.63) is 28.2 Å². The number of carbonyl (C=O) groups excluding carboxylic acids is 1. The van der Waals surface area contributed by atoms with Crippen LogP contribution in [0.15, 0.2) is 22.7 Å². The third-order valence-electron chi connectivity index (χ3n) is 3.37. The van der Waals surface area contributed by atoms with Crippen LogP contribution in [0.4, 0.5) is 10.5 Å². The molecule has 0 bridgehead atoms. The molecule has 2 amide bonds. The molecule has 1 atom stereocenters. The van der Waals surface area contributed by atoms with Crippen LogP contribution in [-0.4, -0.2) is 24.0 Å². The Kier molecular flexibility index (Phi) is 4.27. The van der Waals surface area contributed by atoms with Crippen molar-refractivity contribution in [2.45, 2.75) is 26.7 Å². The zero-order chi connectivity index (χ0) is 13.1. The molecule has 1 aliphatic heterocycles. The Morgan fingerprint density at radius 2 is 2.28 bits per heavy atom. The number of carbonyl (C=O) groups is 1. The average molecular weight is 311 g/mol. The molecule has 1 fully saturated rings. The van der Waals surface area contributed by atoms with Crippen LogP contribution >= 0.6 is 15.9 Å². The fourth-order valence-corrected chi connectivity index (χ4v) is 2.81. The van der Waals surface area contributed by atoms with Crippen molar-refractivity contribution in [1.82, 2.24) is 4.90 Å². The molecule has 0 unspecified atom stereocenters. The van der Waals surface area contributed by atoms with Gasteiger partial charge in [-0.2, -0.15) is 0 Å². The standard InChI is InChI=1S/C14H19BrN2O/c1-10-4-3-7-17(9-10)14(18)16-13-6-5-12(15)8-11(13)2/h5-6,8,10H,3-4,7,9H2,1-2H3,(H,16,18)/t10-/m1/s1. The van der Waals surface area contributed by atoms with Gasteiger partial charge in [0.15, 0.2) is 0 Å². The topological polar surface area (TPSA) is 32.3 Å². The highest BCUT2D eigenvalue weighted by atomic mass is 79.9. The Bertz CT molecular complexity index is 447. The summed E-state index contributed by atoms with van der Waals surface area (Å²) < 4.78 is 1.03. The highest BCUT2D eigenvalue weighted by molar-refractivity contribution is 9.10. The Balaban J connectivity index is 2.02. The zero-order valence-electron chi connectivity index (χ0n) is 10.9. The zero-order valence-corrected chi connectivity index (χ0v) is 12.5. The molecule has 0 spiro atoms. The molecule has 1 saturated heterocycles. The predicted molar refractivity (Wildman–Crippen MR) is 77.9 cm³/mol. The second kappa shape index (κ2) is 5.74. The van der Waals surface area contributed by atoms with E-state index in [1.807, 2.05) is 30.0 Å². The molecule has 1 aromatic carbocycles. The van der Waals surface area contributed by atoms with Gasteiger partial charge in [0.1, 0.15) is 0 Å². The monoisotopic (exact) mass is 310 g/mol. The molecular weight excluding hydrogens is 292 g/mol. The lowest BCUT2D eigenvalue weighted by molar-refractivity contribution is 0.182. The number of piperidine rings is 1. The summed E-state index contributed by atoms with van der Waals surface area (Å²) in [7, 11) is 0. The van der Waals surface area contributed by atoms with Gasteiger partial charge in [0.2, 0.25) is 0 Å². The van der Waals surface area contributed by atoms with Gasteiger partial charge >= 0.3 is 6.03 Å². The van der Waals surface area contributed by atoms with Crippen LogP contribution in [0.3, 0.4) is 0 Å². The molecule has 1 aromatic rings. The highest BCUT2D eigenvalue weighted by Gasteiger charge is 2.21. The van der Waals surface area contributed by atoms with E-state index in [0.717, 1.165) is 35.2 Å². The molecular formula is C14H19BrN2O. The normalized spacial score (nSPS) is 19.7. The quantitative estimate of drug-likeness (QED) is 0.834. The van der Waals surface area contributed by atoms with Crippen LogP contribution < -0.4 is 5.32 Å². The molecule has 0 aromatic heterocycles. The summed E-state index contributed by atoms with van der Waals surface area (Å²) >= 11 is 3.42. The van der Waals surface area contributed by atoms with Crippen LogP contribution in [0.1, 0.15) is 25.3 Å². The first-order chi connectivity index (χ1) is 8.56. The molecule has 0 radical (unpaired) electrons. The summed E-state index contributed by atoms with van der Waals surface area (Å²) in [5, 5.41) is 2.99. The maximum absolute atomic E-state index is 12.2. The number of benzene rings is 1. The van der Waals surface area contributed by atoms with Gasteiger partial charge < -0.3 is 10.2 Å². The summed E-state index contributed by atoms with van der Waals surface area (Å²) in [5.74, 6) is 0.607. The van der Waals surface area contributed by atoms with Crippen molar-refractivity contribution in [3.8, 4) is 0 Å². The SMILES string of the molecule is Cc1cc(Br)ccc1NC(=O)N1CCC[C@@H](C)C1. The van der Waals surface area contributed by atoms with Gasteiger partial charge in [0, 0.05) is 23.2 Å². The Labute approximate surface area is 117 Å². The van der Waals surface area contributed by atoms with Gasteiger partial charge in [-0.3, -0.25) is 0 Å². The smallest absolute Gasteiger partial charge is 0.321 e. The minimum atomic E-state index is 0.0203. The maximum atomic E-state index is 12.2. The van der Waals surface area contributed by atoms with Gasteiger partial charge in [-0.25, -0.2) is 4.79 Å². The van der Waals surface area contributed by atoms with Crippen LogP contribution in [0.5, 0.6) is 0 Å². The number of aryl methyl sites for hydroxylation is 1. The maximum Gasteiger partial charge on any atom is 0.321 e. The molecule has 1 N–H and O–H groups in total. The van der Waals surface area contributed by atoms with Crippen LogP contribution in [0.2, 0.25) is 0 Å². The Morgan fingerprint density at radius 1 is 1.50 bits per heavy atom. The fraction of sp³-hybridized carbons (Fsp3) is 0.500. The van der Waals surface area contributed by atoms with Gasteiger partial charge in [0.05, 0.1) is 0 Å². The number of rotatable bonds is 1. The molecule has 18 heavy (non-hydrogen) atoms. The summed E-state index contributed by atoms with van der Waals surface area (Å²) in [6, 6.07) is 5.91. The van der Waals surface area contributed by atoms with Crippen LogP contribution in [-0.2, 0) is 0 Å². The lowest BCUT2D eigenvalue weighted by Crippen LogP contribution is -2.41. The number of urea groups is 1. The molecule has 1 aliphatic rings. The van der Waals surface area contributed by atoms with E-state index >= 15 is 0 Å². The molecule has 2 rings (SSSR count). The van der Waals surface area contributed by atoms with Crippen molar-refractivity contribution >= 4 is 27.6 Å². The minimum Gasteiger partial charge on any atom is -0.324 e. The number of amides is 2. The lowest BCUT2D eigenvalue weighted by atomic mass is 10.0. The van der Waals surface area contributed by atoms with Gasteiger partial charge in [-0.05, 0) is 49.4 Å². The number of likely N-dealkylation sites (tertiary alicyclic amines) is 1. The summed E-state index contributed by atoms with van der Waals surface area (Å²) in [6.45, 7) is 5.93. The van der Waals surface area contributed by atoms with E-state index in [4.69, 9.17) is 0 Å². The molecule has 3 nitrogen and oxygen atoms in total. The van der Waals surface area contributed by atoms with Gasteiger partial charge in [-0.15, -0.1) is 0 Å². The van der Waals surface area contributed by atoms with Crippen molar-refractivity contribution in [2.24, 2.45) is 5.92 Å². The van der Waals surface area contributed by atoms with Crippen molar-refractivity contribution in [3.63, 3.8) is 0 Å². The molecule has 98 valence electrons. The number of hydrogen-bond acceptors (Lipinski definition) is 1. The molecule has 0 saturated carbocycles. The van der Waals surface area contributed by atoms with Crippen molar-refractivity contribution < 1.29 is 4.79 Å². The Morgan fingerprint density at radius 3 is 2.94 bits per heavy atom. The first-order valence-corrected chi connectivity index (χ1v) is 7.17. The Hall–Kier alpha value is -1.03. The van der Waals surface area contributed by atoms with Gasteiger partial charge in [0.25, 0.3) is 0 Å². The molecule has 0 aliphatic carbocycles. The van der Waals surface area contributed by atoms with Crippen LogP contribution in [0.25, 0.3) is 0 Å². The number of nitrogens with one attached hydrogen (secondary N) is 1. The van der Waals surface area contributed by atoms with E-state index < -0.39 is 0 Å². The largest absolute Gasteiger partial charge is 0.324 e. The highest BCUT2D eigenvalue weighted by Crippen LogP contribution is 2.21. The summed E-state index contributed by atoms with van der Waals surface area (Å²) in [4.78, 5) is 14.1. The minimum absolute atomic E-state index is 0.0203. The summed E-state index contributed by atoms with van der Waals surface area (Å²) in [5.41, 5.74) is 1.96. The van der Waals surface area contributed by atoms with E-state index in [1.54, 1.807) is 0 Å². The molecule has 1 heterocycles. The first kappa shape index (κ1) is 13.4. The second-order valence-corrected chi connectivity index (χ2v) is 6.00. The van der Waals surface area contributed by atoms with E-state index in [9.17, 15) is 4.79 Å². The number of halogens is 1. The number of anilines is 1. The third kappa shape index (κ3) is 3.25. The van der Waals surface area contributed by atoms with Gasteiger partial charge in [-0.1, -0.05) is 22.9 Å². The number of nitrogens with zero attached hydrogens (tertiary/aromatic N) is 1. The summed E-state index contributed by atoms with van der Waals surface area (Å²) in [6.07, 6.45) is 2.33. The van der Waals surface area contributed by atoms with Crippen LogP contribution in [0, 0.1) is 12.8 Å². The van der Waals surface area contributed by atoms with E-state index in [0.29, 0.717) is 5.92 Å². The van der Waals surface area contributed by atoms with Crippen molar-refractivity contribution in [2.75, 3.05) is 18.4 Å². The second-order valence-electron chi connectivity index (χ2n) is 5.08. The number of hydrogen-bond donors (Lipinski definition) is 1. The fourth-order valence-electron chi connectivity index (χ4n) is 2.34. The first-order valence-electron chi connectivity index (χ1n) is 6.38. The lowest BCUT2D eigenvalue weighted by Gasteiger charge is -2.31. The predicted octanol–water partition coefficient (Wildman–Crippen LogP) is 4.02. The average Bonchev–Trinajstić information content (AvgIpc) is 2.32.